The van der Waals surface area contributed by atoms with Gasteiger partial charge in [0.15, 0.2) is 5.69 Å². The van der Waals surface area contributed by atoms with Crippen molar-refractivity contribution in [3.8, 4) is 0 Å². The minimum Gasteiger partial charge on any atom is -0.382 e. The monoisotopic (exact) mass is 435 g/mol. The Morgan fingerprint density at radius 2 is 1.81 bits per heavy atom. The van der Waals surface area contributed by atoms with Gasteiger partial charge in [-0.1, -0.05) is 25.0 Å². The maximum atomic E-state index is 12.6. The molecule has 1 saturated heterocycles. The van der Waals surface area contributed by atoms with Crippen molar-refractivity contribution in [1.29, 1.82) is 0 Å². The Labute approximate surface area is 177 Å². The highest BCUT2D eigenvalue weighted by atomic mass is 19.4. The fourth-order valence-corrected chi connectivity index (χ4v) is 2.96. The molecular weight excluding hydrogens is 411 g/mol. The van der Waals surface area contributed by atoms with E-state index in [-0.39, 0.29) is 11.5 Å². The van der Waals surface area contributed by atoms with Gasteiger partial charge in [0.05, 0.1) is 11.1 Å². The summed E-state index contributed by atoms with van der Waals surface area (Å²) in [5.74, 6) is 0.439. The summed E-state index contributed by atoms with van der Waals surface area (Å²) in [4.78, 5) is 24.6. The van der Waals surface area contributed by atoms with Crippen molar-refractivity contribution in [1.82, 2.24) is 20.4 Å². The molecule has 0 radical (unpaired) electrons. The van der Waals surface area contributed by atoms with Crippen LogP contribution >= 0.6 is 0 Å². The molecule has 2 fully saturated rings. The van der Waals surface area contributed by atoms with Crippen molar-refractivity contribution in [2.75, 3.05) is 25.4 Å². The minimum absolute atomic E-state index is 0.178. The SMILES string of the molecule is Nc1ccc(C(=O)NCCC2CC2)nn1.O=C(c1ccccc1C(F)(F)F)N1CCC1. The number of hydrogen-bond acceptors (Lipinski definition) is 5. The second-order valence-electron chi connectivity index (χ2n) is 7.52. The van der Waals surface area contributed by atoms with Gasteiger partial charge in [0.2, 0.25) is 0 Å². The molecular formula is C21H24F3N5O2. The van der Waals surface area contributed by atoms with E-state index in [1.807, 2.05) is 0 Å². The summed E-state index contributed by atoms with van der Waals surface area (Å²) < 4.78 is 37.9. The van der Waals surface area contributed by atoms with E-state index in [0.29, 0.717) is 24.6 Å². The molecule has 2 amide bonds. The molecule has 31 heavy (non-hydrogen) atoms. The van der Waals surface area contributed by atoms with Gasteiger partial charge in [-0.05, 0) is 43.0 Å². The zero-order valence-corrected chi connectivity index (χ0v) is 16.9. The fourth-order valence-electron chi connectivity index (χ4n) is 2.96. The van der Waals surface area contributed by atoms with Gasteiger partial charge in [-0.15, -0.1) is 10.2 Å². The second-order valence-corrected chi connectivity index (χ2v) is 7.52. The average molecular weight is 435 g/mol. The number of carbonyl (C=O) groups excluding carboxylic acids is 2. The van der Waals surface area contributed by atoms with Crippen LogP contribution in [0.4, 0.5) is 19.0 Å². The number of nitrogens with two attached hydrogens (primary N) is 1. The molecule has 0 atom stereocenters. The van der Waals surface area contributed by atoms with Crippen LogP contribution in [-0.2, 0) is 6.18 Å². The largest absolute Gasteiger partial charge is 0.417 e. The number of alkyl halides is 3. The molecule has 0 unspecified atom stereocenters. The van der Waals surface area contributed by atoms with E-state index in [4.69, 9.17) is 5.73 Å². The van der Waals surface area contributed by atoms with Crippen LogP contribution in [0.2, 0.25) is 0 Å². The first-order valence-electron chi connectivity index (χ1n) is 10.1. The molecule has 1 aromatic carbocycles. The quantitative estimate of drug-likeness (QED) is 0.752. The highest BCUT2D eigenvalue weighted by Gasteiger charge is 2.36. The predicted octanol–water partition coefficient (Wildman–Crippen LogP) is 3.14. The Bertz CT molecular complexity index is 910. The van der Waals surface area contributed by atoms with Crippen molar-refractivity contribution in [3.63, 3.8) is 0 Å². The van der Waals surface area contributed by atoms with E-state index in [9.17, 15) is 22.8 Å². The predicted molar refractivity (Wildman–Crippen MR) is 108 cm³/mol. The van der Waals surface area contributed by atoms with Crippen LogP contribution in [0.15, 0.2) is 36.4 Å². The van der Waals surface area contributed by atoms with Gasteiger partial charge in [0.25, 0.3) is 11.8 Å². The third-order valence-corrected chi connectivity index (χ3v) is 5.06. The summed E-state index contributed by atoms with van der Waals surface area (Å²) in [5.41, 5.74) is 4.58. The third kappa shape index (κ3) is 6.40. The lowest BCUT2D eigenvalue weighted by Gasteiger charge is -2.31. The average Bonchev–Trinajstić information content (AvgIpc) is 3.51. The van der Waals surface area contributed by atoms with Crippen molar-refractivity contribution < 1.29 is 22.8 Å². The number of halogens is 3. The van der Waals surface area contributed by atoms with Crippen molar-refractivity contribution in [2.24, 2.45) is 5.92 Å². The maximum Gasteiger partial charge on any atom is 0.417 e. The van der Waals surface area contributed by atoms with E-state index >= 15 is 0 Å². The minimum atomic E-state index is -4.48. The van der Waals surface area contributed by atoms with Crippen LogP contribution in [0.5, 0.6) is 0 Å². The first-order valence-corrected chi connectivity index (χ1v) is 10.1. The summed E-state index contributed by atoms with van der Waals surface area (Å²) in [7, 11) is 0. The molecule has 10 heteroatoms. The van der Waals surface area contributed by atoms with Crippen LogP contribution in [0.25, 0.3) is 0 Å². The normalized spacial score (nSPS) is 15.4. The number of benzene rings is 1. The number of aromatic nitrogens is 2. The van der Waals surface area contributed by atoms with Gasteiger partial charge in [0, 0.05) is 19.6 Å². The van der Waals surface area contributed by atoms with Crippen LogP contribution in [0, 0.1) is 5.92 Å². The summed E-state index contributed by atoms with van der Waals surface area (Å²) in [6.45, 7) is 1.81. The zero-order chi connectivity index (χ0) is 22.4. The summed E-state index contributed by atoms with van der Waals surface area (Å²) in [6, 6.07) is 8.05. The molecule has 0 spiro atoms. The second kappa shape index (κ2) is 9.76. The summed E-state index contributed by atoms with van der Waals surface area (Å²) in [6.07, 6.45) is 0.0558. The molecule has 3 N–H and O–H groups in total. The smallest absolute Gasteiger partial charge is 0.382 e. The molecule has 1 aromatic heterocycles. The fraction of sp³-hybridized carbons (Fsp3) is 0.429. The lowest BCUT2D eigenvalue weighted by atomic mass is 10.0. The van der Waals surface area contributed by atoms with Crippen LogP contribution in [0.3, 0.4) is 0 Å². The van der Waals surface area contributed by atoms with Gasteiger partial charge < -0.3 is 16.0 Å². The van der Waals surface area contributed by atoms with E-state index in [0.717, 1.165) is 31.4 Å². The number of likely N-dealkylation sites (tertiary alicyclic amines) is 1. The number of hydrogen-bond donors (Lipinski definition) is 2. The topological polar surface area (TPSA) is 101 Å². The molecule has 1 aliphatic heterocycles. The van der Waals surface area contributed by atoms with E-state index in [1.165, 1.54) is 35.9 Å². The van der Waals surface area contributed by atoms with Gasteiger partial charge in [0.1, 0.15) is 5.82 Å². The first-order chi connectivity index (χ1) is 14.8. The van der Waals surface area contributed by atoms with Gasteiger partial charge in [-0.3, -0.25) is 9.59 Å². The van der Waals surface area contributed by atoms with Crippen LogP contribution < -0.4 is 11.1 Å². The Balaban J connectivity index is 0.000000176. The standard InChI is InChI=1S/C11H10F3NO.C10H14N4O/c12-11(13,14)9-5-2-1-4-8(9)10(16)15-6-3-7-15;11-9-4-3-8(13-14-9)10(15)12-6-5-7-1-2-7/h1-2,4-5H,3,6-7H2;3-4,7H,1-2,5-6H2,(H2,11,14)(H,12,15). The van der Waals surface area contributed by atoms with Crippen molar-refractivity contribution >= 4 is 17.6 Å². The summed E-state index contributed by atoms with van der Waals surface area (Å²) in [5, 5.41) is 10.1. The number of nitrogens with one attached hydrogen (secondary N) is 1. The molecule has 1 saturated carbocycles. The molecule has 2 heterocycles. The maximum absolute atomic E-state index is 12.6. The van der Waals surface area contributed by atoms with Gasteiger partial charge in [-0.25, -0.2) is 0 Å². The first kappa shape index (κ1) is 22.5. The van der Waals surface area contributed by atoms with E-state index in [2.05, 4.69) is 15.5 Å². The Morgan fingerprint density at radius 3 is 2.35 bits per heavy atom. The number of anilines is 1. The molecule has 4 rings (SSSR count). The summed E-state index contributed by atoms with van der Waals surface area (Å²) >= 11 is 0. The Kier molecular flexibility index (Phi) is 7.09. The Hall–Kier alpha value is -3.17. The lowest BCUT2D eigenvalue weighted by Crippen LogP contribution is -2.42. The Morgan fingerprint density at radius 1 is 1.10 bits per heavy atom. The zero-order valence-electron chi connectivity index (χ0n) is 16.9. The highest BCUT2D eigenvalue weighted by molar-refractivity contribution is 5.96. The van der Waals surface area contributed by atoms with Crippen LogP contribution in [-0.4, -0.2) is 46.5 Å². The lowest BCUT2D eigenvalue weighted by molar-refractivity contribution is -0.138. The third-order valence-electron chi connectivity index (χ3n) is 5.06. The molecule has 7 nitrogen and oxygen atoms in total. The molecule has 2 aliphatic rings. The number of amides is 2. The van der Waals surface area contributed by atoms with E-state index in [1.54, 1.807) is 12.1 Å². The molecule has 0 bridgehead atoms. The highest BCUT2D eigenvalue weighted by Crippen LogP contribution is 2.33. The number of rotatable bonds is 5. The van der Waals surface area contributed by atoms with Crippen molar-refractivity contribution in [2.45, 2.75) is 31.9 Å². The van der Waals surface area contributed by atoms with Gasteiger partial charge in [-0.2, -0.15) is 13.2 Å². The van der Waals surface area contributed by atoms with E-state index < -0.39 is 17.6 Å². The molecule has 1 aliphatic carbocycles. The van der Waals surface area contributed by atoms with Crippen LogP contribution in [0.1, 0.15) is 52.1 Å². The van der Waals surface area contributed by atoms with Crippen molar-refractivity contribution in [3.05, 3.63) is 53.2 Å². The van der Waals surface area contributed by atoms with Gasteiger partial charge >= 0.3 is 6.18 Å². The number of nitrogen functional groups attached to an aromatic ring is 1. The molecule has 166 valence electrons. The molecule has 2 aromatic rings. The number of carbonyl (C=O) groups is 2. The number of nitrogens with zero attached hydrogens (tertiary/aromatic N) is 3.